The van der Waals surface area contributed by atoms with Crippen molar-refractivity contribution in [1.29, 1.82) is 0 Å². The zero-order chi connectivity index (χ0) is 15.9. The Bertz CT molecular complexity index is 475. The van der Waals surface area contributed by atoms with Crippen molar-refractivity contribution in [2.75, 3.05) is 20.3 Å². The fourth-order valence-corrected chi connectivity index (χ4v) is 2.05. The summed E-state index contributed by atoms with van der Waals surface area (Å²) < 4.78 is 18.4. The van der Waals surface area contributed by atoms with Crippen LogP contribution in [0.5, 0.6) is 5.75 Å². The highest BCUT2D eigenvalue weighted by Crippen LogP contribution is 2.21. The van der Waals surface area contributed by atoms with Crippen LogP contribution in [0, 0.1) is 11.2 Å². The van der Waals surface area contributed by atoms with Gasteiger partial charge >= 0.3 is 0 Å². The van der Waals surface area contributed by atoms with Crippen molar-refractivity contribution in [2.45, 2.75) is 33.1 Å². The van der Waals surface area contributed by atoms with Crippen molar-refractivity contribution in [2.24, 2.45) is 5.41 Å². The van der Waals surface area contributed by atoms with Gasteiger partial charge in [0.15, 0.2) is 11.6 Å². The lowest BCUT2D eigenvalue weighted by atomic mass is 9.88. The van der Waals surface area contributed by atoms with Crippen LogP contribution in [0.4, 0.5) is 4.39 Å². The van der Waals surface area contributed by atoms with Crippen molar-refractivity contribution in [3.05, 3.63) is 29.6 Å². The van der Waals surface area contributed by atoms with Gasteiger partial charge < -0.3 is 15.2 Å². The van der Waals surface area contributed by atoms with Crippen LogP contribution in [-0.2, 0) is 11.2 Å². The molecule has 0 unspecified atom stereocenters. The predicted octanol–water partition coefficient (Wildman–Crippen LogP) is 2.29. The largest absolute Gasteiger partial charge is 0.494 e. The van der Waals surface area contributed by atoms with Gasteiger partial charge in [-0.1, -0.05) is 19.9 Å². The van der Waals surface area contributed by atoms with Gasteiger partial charge in [-0.15, -0.1) is 0 Å². The van der Waals surface area contributed by atoms with E-state index in [0.717, 1.165) is 6.42 Å². The molecule has 0 fully saturated rings. The van der Waals surface area contributed by atoms with E-state index >= 15 is 0 Å². The summed E-state index contributed by atoms with van der Waals surface area (Å²) in [6.07, 6.45) is 1.69. The molecule has 0 heterocycles. The van der Waals surface area contributed by atoms with Crippen LogP contribution < -0.4 is 10.1 Å². The van der Waals surface area contributed by atoms with E-state index in [4.69, 9.17) is 9.84 Å². The van der Waals surface area contributed by atoms with Crippen LogP contribution in [0.1, 0.15) is 32.3 Å². The number of nitrogens with one attached hydrogen (secondary N) is 1. The van der Waals surface area contributed by atoms with E-state index in [1.54, 1.807) is 6.07 Å². The number of aliphatic hydroxyl groups is 1. The zero-order valence-electron chi connectivity index (χ0n) is 12.9. The molecule has 21 heavy (non-hydrogen) atoms. The second-order valence-electron chi connectivity index (χ2n) is 5.91. The highest BCUT2D eigenvalue weighted by Gasteiger charge is 2.18. The van der Waals surface area contributed by atoms with Crippen LogP contribution in [0.3, 0.4) is 0 Å². The number of carbonyl (C=O) groups is 1. The normalized spacial score (nSPS) is 11.3. The topological polar surface area (TPSA) is 58.6 Å². The molecular weight excluding hydrogens is 273 g/mol. The minimum absolute atomic E-state index is 0.0659. The smallest absolute Gasteiger partial charge is 0.224 e. The molecule has 0 bridgehead atoms. The third kappa shape index (κ3) is 6.12. The first kappa shape index (κ1) is 17.4. The van der Waals surface area contributed by atoms with Crippen LogP contribution in [0.15, 0.2) is 18.2 Å². The Labute approximate surface area is 125 Å². The number of benzene rings is 1. The standard InChI is InChI=1S/C16H24FNO3/c1-16(2,7-4-8-19)11-18-15(20)10-12-5-6-14(21-3)13(17)9-12/h5-6,9,19H,4,7-8,10-11H2,1-3H3,(H,18,20). The third-order valence-electron chi connectivity index (χ3n) is 3.36. The van der Waals surface area contributed by atoms with Crippen molar-refractivity contribution in [3.63, 3.8) is 0 Å². The van der Waals surface area contributed by atoms with Crippen LogP contribution in [0.2, 0.25) is 0 Å². The molecule has 2 N–H and O–H groups in total. The van der Waals surface area contributed by atoms with Gasteiger partial charge in [0, 0.05) is 13.2 Å². The second kappa shape index (κ2) is 7.98. The maximum atomic E-state index is 13.5. The highest BCUT2D eigenvalue weighted by atomic mass is 19.1. The summed E-state index contributed by atoms with van der Waals surface area (Å²) in [5.41, 5.74) is 0.544. The van der Waals surface area contributed by atoms with Crippen molar-refractivity contribution in [1.82, 2.24) is 5.32 Å². The number of hydrogen-bond donors (Lipinski definition) is 2. The lowest BCUT2D eigenvalue weighted by Gasteiger charge is -2.24. The number of methoxy groups -OCH3 is 1. The molecule has 1 aromatic carbocycles. The Morgan fingerprint density at radius 1 is 1.43 bits per heavy atom. The van der Waals surface area contributed by atoms with E-state index in [-0.39, 0.29) is 30.1 Å². The van der Waals surface area contributed by atoms with E-state index in [1.807, 2.05) is 13.8 Å². The maximum Gasteiger partial charge on any atom is 0.224 e. The molecule has 5 heteroatoms. The van der Waals surface area contributed by atoms with Gasteiger partial charge in [0.05, 0.1) is 13.5 Å². The Morgan fingerprint density at radius 3 is 2.71 bits per heavy atom. The SMILES string of the molecule is COc1ccc(CC(=O)NCC(C)(C)CCCO)cc1F. The molecule has 1 aromatic rings. The Hall–Kier alpha value is -1.62. The van der Waals surface area contributed by atoms with Gasteiger partial charge in [-0.2, -0.15) is 0 Å². The molecule has 0 aliphatic heterocycles. The Morgan fingerprint density at radius 2 is 2.14 bits per heavy atom. The third-order valence-corrected chi connectivity index (χ3v) is 3.36. The Kier molecular flexibility index (Phi) is 6.62. The molecule has 0 aromatic heterocycles. The number of amides is 1. The number of halogens is 1. The minimum Gasteiger partial charge on any atom is -0.494 e. The molecule has 0 aliphatic rings. The molecule has 0 radical (unpaired) electrons. The first-order valence-corrected chi connectivity index (χ1v) is 7.08. The van der Waals surface area contributed by atoms with Crippen LogP contribution >= 0.6 is 0 Å². The summed E-state index contributed by atoms with van der Waals surface area (Å²) in [6, 6.07) is 4.51. The first-order valence-electron chi connectivity index (χ1n) is 7.08. The van der Waals surface area contributed by atoms with Gasteiger partial charge in [0.2, 0.25) is 5.91 Å². The van der Waals surface area contributed by atoms with E-state index in [9.17, 15) is 9.18 Å². The maximum absolute atomic E-state index is 13.5. The van der Waals surface area contributed by atoms with Crippen molar-refractivity contribution in [3.8, 4) is 5.75 Å². The predicted molar refractivity (Wildman–Crippen MR) is 79.8 cm³/mol. The summed E-state index contributed by atoms with van der Waals surface area (Å²) in [4.78, 5) is 11.9. The van der Waals surface area contributed by atoms with Gasteiger partial charge in [0.25, 0.3) is 0 Å². The van der Waals surface area contributed by atoms with Crippen molar-refractivity contribution < 1.29 is 19.0 Å². The highest BCUT2D eigenvalue weighted by molar-refractivity contribution is 5.78. The van der Waals surface area contributed by atoms with E-state index in [0.29, 0.717) is 18.5 Å². The molecule has 1 rings (SSSR count). The average Bonchev–Trinajstić information content (AvgIpc) is 2.43. The molecule has 4 nitrogen and oxygen atoms in total. The van der Waals surface area contributed by atoms with Gasteiger partial charge in [-0.05, 0) is 36.0 Å². The van der Waals surface area contributed by atoms with Crippen LogP contribution in [0.25, 0.3) is 0 Å². The summed E-state index contributed by atoms with van der Waals surface area (Å²) >= 11 is 0. The quantitative estimate of drug-likeness (QED) is 0.774. The zero-order valence-corrected chi connectivity index (χ0v) is 12.9. The first-order chi connectivity index (χ1) is 9.88. The molecule has 118 valence electrons. The Balaban J connectivity index is 2.48. The van der Waals surface area contributed by atoms with Gasteiger partial charge in [0.1, 0.15) is 0 Å². The lowest BCUT2D eigenvalue weighted by molar-refractivity contribution is -0.120. The second-order valence-corrected chi connectivity index (χ2v) is 5.91. The number of hydrogen-bond acceptors (Lipinski definition) is 3. The minimum atomic E-state index is -0.467. The fraction of sp³-hybridized carbons (Fsp3) is 0.562. The van der Waals surface area contributed by atoms with E-state index in [1.165, 1.54) is 19.2 Å². The monoisotopic (exact) mass is 297 g/mol. The number of aliphatic hydroxyl groups excluding tert-OH is 1. The van der Waals surface area contributed by atoms with Gasteiger partial charge in [-0.25, -0.2) is 4.39 Å². The molecule has 0 aliphatic carbocycles. The van der Waals surface area contributed by atoms with E-state index in [2.05, 4.69) is 5.32 Å². The van der Waals surface area contributed by atoms with Crippen LogP contribution in [-0.4, -0.2) is 31.3 Å². The fourth-order valence-electron chi connectivity index (χ4n) is 2.05. The molecule has 0 spiro atoms. The lowest BCUT2D eigenvalue weighted by Crippen LogP contribution is -2.35. The molecule has 1 amide bonds. The number of carbonyl (C=O) groups excluding carboxylic acids is 1. The number of ether oxygens (including phenoxy) is 1. The van der Waals surface area contributed by atoms with Crippen molar-refractivity contribution >= 4 is 5.91 Å². The van der Waals surface area contributed by atoms with Gasteiger partial charge in [-0.3, -0.25) is 4.79 Å². The summed E-state index contributed by atoms with van der Waals surface area (Å²) in [7, 11) is 1.40. The van der Waals surface area contributed by atoms with E-state index < -0.39 is 5.82 Å². The molecule has 0 saturated heterocycles. The average molecular weight is 297 g/mol. The summed E-state index contributed by atoms with van der Waals surface area (Å²) in [5.74, 6) is -0.438. The summed E-state index contributed by atoms with van der Waals surface area (Å²) in [6.45, 7) is 4.76. The molecule has 0 saturated carbocycles. The molecular formula is C16H24FNO3. The summed E-state index contributed by atoms with van der Waals surface area (Å²) in [5, 5.41) is 11.7. The molecule has 0 atom stereocenters. The number of rotatable bonds is 8.